The fourth-order valence-corrected chi connectivity index (χ4v) is 6.30. The van der Waals surface area contributed by atoms with Crippen molar-refractivity contribution in [3.05, 3.63) is 105 Å². The minimum Gasteiger partial charge on any atom is -0.378 e. The van der Waals surface area contributed by atoms with Gasteiger partial charge in [0.15, 0.2) is 0 Å². The Morgan fingerprint density at radius 3 is 2.07 bits per heavy atom. The number of morpholine rings is 1. The fourth-order valence-electron chi connectivity index (χ4n) is 5.94. The molecule has 208 valence electrons. The van der Waals surface area contributed by atoms with Gasteiger partial charge in [-0.15, -0.1) is 0 Å². The molecule has 1 saturated heterocycles. The summed E-state index contributed by atoms with van der Waals surface area (Å²) < 4.78 is 21.5. The number of ether oxygens (including phenoxy) is 1. The van der Waals surface area contributed by atoms with Gasteiger partial charge in [0.05, 0.1) is 35.7 Å². The molecule has 3 aliphatic heterocycles. The average molecular weight is 624 g/mol. The zero-order valence-corrected chi connectivity index (χ0v) is 22.5. The van der Waals surface area contributed by atoms with Crippen molar-refractivity contribution in [2.75, 3.05) is 41.4 Å². The van der Waals surface area contributed by atoms with Gasteiger partial charge in [-0.05, 0) is 30.3 Å². The van der Waals surface area contributed by atoms with E-state index in [1.54, 1.807) is 18.2 Å². The van der Waals surface area contributed by atoms with E-state index in [1.165, 1.54) is 17.0 Å². The molecule has 15 heteroatoms. The Kier molecular flexibility index (Phi) is 5.46. The zero-order valence-electron chi connectivity index (χ0n) is 20.9. The molecule has 0 atom stereocenters. The van der Waals surface area contributed by atoms with Crippen molar-refractivity contribution in [2.45, 2.75) is 5.41 Å². The van der Waals surface area contributed by atoms with Gasteiger partial charge < -0.3 is 15.0 Å². The highest BCUT2D eigenvalue weighted by Gasteiger charge is 2.59. The predicted octanol–water partition coefficient (Wildman–Crippen LogP) is 1.25. The summed E-state index contributed by atoms with van der Waals surface area (Å²) in [7, 11) is 0. The molecule has 2 aromatic carbocycles. The number of hydrogen-bond donors (Lipinski definition) is 5. The van der Waals surface area contributed by atoms with Crippen LogP contribution in [0.5, 0.6) is 0 Å². The smallest absolute Gasteiger partial charge is 0.327 e. The Labute approximate surface area is 236 Å². The molecule has 2 aromatic heterocycles. The van der Waals surface area contributed by atoms with Gasteiger partial charge in [-0.1, -0.05) is 15.9 Å². The lowest BCUT2D eigenvalue weighted by molar-refractivity contribution is -0.118. The molecular weight excluding hydrogens is 605 g/mol. The largest absolute Gasteiger partial charge is 0.378 e. The van der Waals surface area contributed by atoms with Gasteiger partial charge in [-0.25, -0.2) is 14.0 Å². The SMILES string of the molecule is O=C1Nc2ccc(Br)cc2C12c1c([nH]c(=O)[nH]c1=O)N(c1ccc(N3CCOCC3)c(F)c1)c1[nH]c(=O)[nH]c(=O)c12. The van der Waals surface area contributed by atoms with Gasteiger partial charge in [0, 0.05) is 34.9 Å². The number of nitrogens with zero attached hydrogens (tertiary/aromatic N) is 2. The van der Waals surface area contributed by atoms with Crippen molar-refractivity contribution in [3.8, 4) is 0 Å². The Balaban J connectivity index is 1.57. The van der Waals surface area contributed by atoms with Crippen LogP contribution in [0.15, 0.2) is 60.0 Å². The first kappa shape index (κ1) is 25.2. The summed E-state index contributed by atoms with van der Waals surface area (Å²) in [6.45, 7) is 1.82. The van der Waals surface area contributed by atoms with Gasteiger partial charge >= 0.3 is 11.4 Å². The van der Waals surface area contributed by atoms with E-state index in [0.717, 1.165) is 6.07 Å². The van der Waals surface area contributed by atoms with E-state index in [-0.39, 0.29) is 34.0 Å². The molecule has 5 heterocycles. The van der Waals surface area contributed by atoms with Crippen LogP contribution in [0.25, 0.3) is 0 Å². The maximum Gasteiger partial charge on any atom is 0.327 e. The zero-order chi connectivity index (χ0) is 28.6. The third-order valence-electron chi connectivity index (χ3n) is 7.56. The monoisotopic (exact) mass is 623 g/mol. The minimum atomic E-state index is -2.08. The van der Waals surface area contributed by atoms with Crippen LogP contribution < -0.4 is 37.6 Å². The molecule has 13 nitrogen and oxygen atoms in total. The van der Waals surface area contributed by atoms with Gasteiger partial charge in [0.2, 0.25) is 5.91 Å². The number of hydrogen-bond acceptors (Lipinski definition) is 8. The molecule has 5 N–H and O–H groups in total. The van der Waals surface area contributed by atoms with E-state index in [1.807, 2.05) is 4.90 Å². The fraction of sp³-hybridized carbons (Fsp3) is 0.192. The molecule has 0 aliphatic carbocycles. The lowest BCUT2D eigenvalue weighted by Crippen LogP contribution is -2.52. The number of H-pyrrole nitrogens is 4. The third-order valence-corrected chi connectivity index (χ3v) is 8.05. The van der Waals surface area contributed by atoms with E-state index in [0.29, 0.717) is 42.2 Å². The minimum absolute atomic E-state index is 0.0761. The van der Waals surface area contributed by atoms with Gasteiger partial charge in [-0.2, -0.15) is 0 Å². The van der Waals surface area contributed by atoms with E-state index < -0.39 is 39.6 Å². The summed E-state index contributed by atoms with van der Waals surface area (Å²) in [6.07, 6.45) is 0. The van der Waals surface area contributed by atoms with Gasteiger partial charge in [0.25, 0.3) is 11.1 Å². The van der Waals surface area contributed by atoms with Crippen molar-refractivity contribution in [1.82, 2.24) is 19.9 Å². The Hall–Kier alpha value is -4.76. The highest BCUT2D eigenvalue weighted by Crippen LogP contribution is 2.55. The third kappa shape index (κ3) is 3.52. The normalized spacial score (nSPS) is 16.8. The van der Waals surface area contributed by atoms with E-state index in [9.17, 15) is 24.0 Å². The Bertz CT molecular complexity index is 1950. The Morgan fingerprint density at radius 2 is 1.46 bits per heavy atom. The van der Waals surface area contributed by atoms with Gasteiger partial charge in [-0.3, -0.25) is 39.2 Å². The topological polar surface area (TPSA) is 176 Å². The van der Waals surface area contributed by atoms with Crippen LogP contribution in [-0.4, -0.2) is 52.1 Å². The lowest BCUT2D eigenvalue weighted by Gasteiger charge is -2.39. The molecule has 0 bridgehead atoms. The van der Waals surface area contributed by atoms with Crippen LogP contribution in [0.3, 0.4) is 0 Å². The number of carbonyl (C=O) groups excluding carboxylic acids is 1. The second-order valence-corrected chi connectivity index (χ2v) is 10.6. The molecule has 4 aromatic rings. The second-order valence-electron chi connectivity index (χ2n) is 9.73. The van der Waals surface area contributed by atoms with Crippen molar-refractivity contribution in [1.29, 1.82) is 0 Å². The molecule has 1 fully saturated rings. The Morgan fingerprint density at radius 1 is 0.829 bits per heavy atom. The standard InChI is InChI=1S/C26H19BrFN7O6/c27-11-1-3-15-13(9-11)26(23(38)29-15)17-19(30-24(39)32-21(17)36)35(20-18(26)22(37)33-25(40)31-20)12-2-4-16(14(28)10-12)34-5-7-41-8-6-34/h1-4,9-10H,5-8H2,(H,29,38)(H2,30,32,36,39)(H2,31,33,37,40). The highest BCUT2D eigenvalue weighted by molar-refractivity contribution is 9.10. The molecule has 1 spiro atoms. The molecule has 0 saturated carbocycles. The first-order valence-corrected chi connectivity index (χ1v) is 13.3. The number of aromatic amines is 4. The summed E-state index contributed by atoms with van der Waals surface area (Å²) in [5.41, 5.74) is -5.43. The quantitative estimate of drug-likeness (QED) is 0.221. The number of fused-ring (bicyclic) bond motifs is 6. The number of nitrogens with one attached hydrogen (secondary N) is 5. The summed E-state index contributed by atoms with van der Waals surface area (Å²) in [4.78, 5) is 78.8. The van der Waals surface area contributed by atoms with Crippen LogP contribution >= 0.6 is 15.9 Å². The molecule has 7 rings (SSSR count). The van der Waals surface area contributed by atoms with Crippen LogP contribution in [0.4, 0.5) is 33.1 Å². The number of benzene rings is 2. The van der Waals surface area contributed by atoms with Crippen molar-refractivity contribution >= 4 is 50.5 Å². The molecular formula is C26H19BrFN7O6. The summed E-state index contributed by atoms with van der Waals surface area (Å²) in [5.74, 6) is -1.81. The van der Waals surface area contributed by atoms with Gasteiger partial charge in [0.1, 0.15) is 22.9 Å². The average Bonchev–Trinajstić information content (AvgIpc) is 3.19. The van der Waals surface area contributed by atoms with Crippen LogP contribution in [0.1, 0.15) is 16.7 Å². The lowest BCUT2D eigenvalue weighted by atomic mass is 9.69. The predicted molar refractivity (Wildman–Crippen MR) is 149 cm³/mol. The maximum absolute atomic E-state index is 15.6. The van der Waals surface area contributed by atoms with E-state index >= 15 is 4.39 Å². The highest BCUT2D eigenvalue weighted by atomic mass is 79.9. The molecule has 0 unspecified atom stereocenters. The summed E-state index contributed by atoms with van der Waals surface area (Å²) >= 11 is 3.38. The van der Waals surface area contributed by atoms with E-state index in [2.05, 4.69) is 41.2 Å². The molecule has 1 amide bonds. The molecule has 41 heavy (non-hydrogen) atoms. The number of carbonyl (C=O) groups is 1. The maximum atomic E-state index is 15.6. The number of aromatic nitrogens is 4. The van der Waals surface area contributed by atoms with Crippen molar-refractivity contribution in [2.24, 2.45) is 0 Å². The molecule has 3 aliphatic rings. The van der Waals surface area contributed by atoms with Crippen LogP contribution in [-0.2, 0) is 14.9 Å². The molecule has 0 radical (unpaired) electrons. The second kappa shape index (κ2) is 8.87. The van der Waals surface area contributed by atoms with Crippen LogP contribution in [0, 0.1) is 5.82 Å². The van der Waals surface area contributed by atoms with E-state index in [4.69, 9.17) is 4.74 Å². The first-order valence-electron chi connectivity index (χ1n) is 12.5. The number of amides is 1. The number of anilines is 5. The van der Waals surface area contributed by atoms with Crippen LogP contribution in [0.2, 0.25) is 0 Å². The number of rotatable bonds is 2. The summed E-state index contributed by atoms with van der Waals surface area (Å²) in [6, 6.07) is 9.04. The number of halogens is 2. The van der Waals surface area contributed by atoms with Crippen molar-refractivity contribution < 1.29 is 13.9 Å². The first-order chi connectivity index (χ1) is 19.7. The summed E-state index contributed by atoms with van der Waals surface area (Å²) in [5, 5.41) is 2.71. The van der Waals surface area contributed by atoms with Crippen molar-refractivity contribution in [3.63, 3.8) is 0 Å².